The van der Waals surface area contributed by atoms with Crippen LogP contribution in [0.2, 0.25) is 0 Å². The molecule has 0 aliphatic heterocycles. The van der Waals surface area contributed by atoms with E-state index in [4.69, 9.17) is 0 Å². The van der Waals surface area contributed by atoms with Crippen LogP contribution >= 0.6 is 0 Å². The van der Waals surface area contributed by atoms with Gasteiger partial charge in [-0.25, -0.2) is 29.2 Å². The summed E-state index contributed by atoms with van der Waals surface area (Å²) in [5.41, 5.74) is -1.28. The van der Waals surface area contributed by atoms with E-state index in [9.17, 15) is 19.2 Å². The van der Waals surface area contributed by atoms with E-state index in [1.165, 1.54) is 0 Å². The molecule has 0 saturated carbocycles. The molecule has 0 amide bonds. The van der Waals surface area contributed by atoms with Gasteiger partial charge in [0.2, 0.25) is 24.3 Å². The molecule has 0 aromatic heterocycles. The lowest BCUT2D eigenvalue weighted by Gasteiger charge is -2.43. The van der Waals surface area contributed by atoms with E-state index in [1.807, 2.05) is 12.2 Å². The van der Waals surface area contributed by atoms with E-state index in [2.05, 4.69) is 26.9 Å². The Morgan fingerprint density at radius 1 is 0.657 bits per heavy atom. The van der Waals surface area contributed by atoms with Crippen molar-refractivity contribution in [3.05, 3.63) is 12.2 Å². The normalized spacial score (nSPS) is 22.8. The fourth-order valence-corrected chi connectivity index (χ4v) is 5.00. The number of isocyanates is 4. The zero-order chi connectivity index (χ0) is 25.7. The summed E-state index contributed by atoms with van der Waals surface area (Å²) in [4.78, 5) is 58.6. The van der Waals surface area contributed by atoms with Crippen LogP contribution in [0.4, 0.5) is 0 Å². The maximum atomic E-state index is 11.4. The number of hydrogen-bond donors (Lipinski definition) is 0. The number of hydrogen-bond acceptors (Lipinski definition) is 8. The van der Waals surface area contributed by atoms with Crippen molar-refractivity contribution in [2.75, 3.05) is 13.1 Å². The number of rotatable bonds is 20. The Hall–Kier alpha value is -2.74. The second kappa shape index (κ2) is 18.6. The van der Waals surface area contributed by atoms with Gasteiger partial charge < -0.3 is 0 Å². The maximum absolute atomic E-state index is 11.4. The quantitative estimate of drug-likeness (QED) is 0.0930. The highest BCUT2D eigenvalue weighted by Gasteiger charge is 2.46. The molecule has 3 atom stereocenters. The Morgan fingerprint density at radius 3 is 1.66 bits per heavy atom. The van der Waals surface area contributed by atoms with Gasteiger partial charge >= 0.3 is 0 Å². The SMILES string of the molecule is CC1C=CC(CCCCCCCCN=C=O)(N=C=O)CC1(CCCCCCCCN=C=O)N=C=O. The van der Waals surface area contributed by atoms with Gasteiger partial charge in [-0.15, -0.1) is 0 Å². The summed E-state index contributed by atoms with van der Waals surface area (Å²) in [6.45, 7) is 3.15. The van der Waals surface area contributed by atoms with E-state index in [0.717, 1.165) is 89.9 Å². The topological polar surface area (TPSA) is 118 Å². The average Bonchev–Trinajstić information content (AvgIpc) is 2.85. The van der Waals surface area contributed by atoms with Crippen LogP contribution < -0.4 is 0 Å². The molecule has 0 heterocycles. The summed E-state index contributed by atoms with van der Waals surface area (Å²) in [6.07, 6.45) is 24.8. The first-order chi connectivity index (χ1) is 17.1. The van der Waals surface area contributed by atoms with Crippen LogP contribution in [0.1, 0.15) is 103 Å². The molecule has 1 rings (SSSR count). The molecule has 8 nitrogen and oxygen atoms in total. The predicted octanol–water partition coefficient (Wildman–Crippen LogP) is 5.86. The van der Waals surface area contributed by atoms with Crippen LogP contribution in [0.3, 0.4) is 0 Å². The van der Waals surface area contributed by atoms with E-state index in [1.54, 1.807) is 24.3 Å². The number of carbonyl (C=O) groups excluding carboxylic acids is 4. The maximum Gasteiger partial charge on any atom is 0.235 e. The van der Waals surface area contributed by atoms with E-state index in [0.29, 0.717) is 19.5 Å². The van der Waals surface area contributed by atoms with Gasteiger partial charge in [-0.1, -0.05) is 83.3 Å². The minimum absolute atomic E-state index is 0.0640. The number of nitrogens with zero attached hydrogens (tertiary/aromatic N) is 4. The molecule has 0 aromatic carbocycles. The molecule has 3 unspecified atom stereocenters. The summed E-state index contributed by atoms with van der Waals surface area (Å²) >= 11 is 0. The summed E-state index contributed by atoms with van der Waals surface area (Å²) in [7, 11) is 0. The van der Waals surface area contributed by atoms with Crippen molar-refractivity contribution in [1.29, 1.82) is 0 Å². The Kier molecular flexibility index (Phi) is 16.1. The second-order valence-corrected chi connectivity index (χ2v) is 9.63. The van der Waals surface area contributed by atoms with E-state index >= 15 is 0 Å². The van der Waals surface area contributed by atoms with Gasteiger partial charge in [0.1, 0.15) is 0 Å². The van der Waals surface area contributed by atoms with Crippen LogP contribution in [0.25, 0.3) is 0 Å². The number of aliphatic imine (C=N–C) groups is 4. The monoisotopic (exact) mass is 484 g/mol. The molecular weight excluding hydrogens is 444 g/mol. The lowest BCUT2D eigenvalue weighted by molar-refractivity contribution is 0.213. The highest BCUT2D eigenvalue weighted by atomic mass is 16.1. The molecule has 0 spiro atoms. The predicted molar refractivity (Wildman–Crippen MR) is 135 cm³/mol. The Labute approximate surface area is 209 Å². The first-order valence-electron chi connectivity index (χ1n) is 13.0. The zero-order valence-corrected chi connectivity index (χ0v) is 21.2. The summed E-state index contributed by atoms with van der Waals surface area (Å²) < 4.78 is 0. The van der Waals surface area contributed by atoms with Crippen molar-refractivity contribution >= 4 is 24.3 Å². The molecule has 0 bridgehead atoms. The summed E-state index contributed by atoms with van der Waals surface area (Å²) in [5, 5.41) is 0. The second-order valence-electron chi connectivity index (χ2n) is 9.63. The number of unbranched alkanes of at least 4 members (excludes halogenated alkanes) is 10. The molecule has 35 heavy (non-hydrogen) atoms. The van der Waals surface area contributed by atoms with Gasteiger partial charge in [0.25, 0.3) is 0 Å². The fourth-order valence-electron chi connectivity index (χ4n) is 5.00. The van der Waals surface area contributed by atoms with E-state index < -0.39 is 11.1 Å². The van der Waals surface area contributed by atoms with Gasteiger partial charge in [0, 0.05) is 12.3 Å². The zero-order valence-electron chi connectivity index (χ0n) is 21.2. The third kappa shape index (κ3) is 12.0. The molecule has 1 aliphatic carbocycles. The molecule has 0 saturated heterocycles. The minimum Gasteiger partial charge on any atom is -0.211 e. The average molecular weight is 485 g/mol. The van der Waals surface area contributed by atoms with Gasteiger partial charge in [-0.05, 0) is 25.7 Å². The van der Waals surface area contributed by atoms with E-state index in [-0.39, 0.29) is 5.92 Å². The Morgan fingerprint density at radius 2 is 1.14 bits per heavy atom. The van der Waals surface area contributed by atoms with Crippen molar-refractivity contribution in [3.8, 4) is 0 Å². The standard InChI is InChI=1S/C27H40N4O4/c1-25-14-17-26(30-23-34,15-10-6-2-4-8-12-18-28-21-32)20-27(25,31-24-35)16-11-7-3-5-9-13-19-29-22-33/h14,17,25H,2-13,15-16,18-20H2,1H3. The first kappa shape index (κ1) is 30.3. The highest BCUT2D eigenvalue weighted by molar-refractivity contribution is 5.40. The van der Waals surface area contributed by atoms with Gasteiger partial charge in [-0.2, -0.15) is 9.98 Å². The Balaban J connectivity index is 2.61. The fraction of sp³-hybridized carbons (Fsp3) is 0.778. The lowest BCUT2D eigenvalue weighted by Crippen LogP contribution is -2.45. The van der Waals surface area contributed by atoms with Crippen LogP contribution in [0.5, 0.6) is 0 Å². The molecule has 0 N–H and O–H groups in total. The Bertz CT molecular complexity index is 834. The van der Waals surface area contributed by atoms with Crippen LogP contribution in [0, 0.1) is 5.92 Å². The largest absolute Gasteiger partial charge is 0.235 e. The van der Waals surface area contributed by atoms with Crippen molar-refractivity contribution < 1.29 is 19.2 Å². The third-order valence-electron chi connectivity index (χ3n) is 7.08. The van der Waals surface area contributed by atoms with Gasteiger partial charge in [0.15, 0.2) is 0 Å². The van der Waals surface area contributed by atoms with Crippen molar-refractivity contribution in [2.24, 2.45) is 25.9 Å². The summed E-state index contributed by atoms with van der Waals surface area (Å²) in [6, 6.07) is 0. The van der Waals surface area contributed by atoms with Crippen molar-refractivity contribution in [2.45, 2.75) is 114 Å². The van der Waals surface area contributed by atoms with Crippen LogP contribution in [-0.2, 0) is 19.2 Å². The molecule has 0 aromatic rings. The molecule has 192 valence electrons. The molecular formula is C27H40N4O4. The van der Waals surface area contributed by atoms with Crippen molar-refractivity contribution in [3.63, 3.8) is 0 Å². The molecule has 0 fully saturated rings. The molecule has 0 radical (unpaired) electrons. The third-order valence-corrected chi connectivity index (χ3v) is 7.08. The van der Waals surface area contributed by atoms with Crippen LogP contribution in [-0.4, -0.2) is 48.5 Å². The molecule has 1 aliphatic rings. The van der Waals surface area contributed by atoms with Crippen molar-refractivity contribution in [1.82, 2.24) is 0 Å². The molecule has 8 heteroatoms. The smallest absolute Gasteiger partial charge is 0.211 e. The van der Waals surface area contributed by atoms with Crippen LogP contribution in [0.15, 0.2) is 32.1 Å². The van der Waals surface area contributed by atoms with Gasteiger partial charge in [-0.3, -0.25) is 0 Å². The van der Waals surface area contributed by atoms with Gasteiger partial charge in [0.05, 0.1) is 24.2 Å². The highest BCUT2D eigenvalue weighted by Crippen LogP contribution is 2.44. The summed E-state index contributed by atoms with van der Waals surface area (Å²) in [5.74, 6) is 0.0640. The first-order valence-corrected chi connectivity index (χ1v) is 13.0. The lowest BCUT2D eigenvalue weighted by atomic mass is 9.67. The minimum atomic E-state index is -0.674.